The summed E-state index contributed by atoms with van der Waals surface area (Å²) in [4.78, 5) is 4.31. The summed E-state index contributed by atoms with van der Waals surface area (Å²) in [7, 11) is 0. The smallest absolute Gasteiger partial charge is 0.182 e. The van der Waals surface area contributed by atoms with Crippen LogP contribution in [0.4, 0.5) is 5.13 Å². The number of benzene rings is 1. The second-order valence-electron chi connectivity index (χ2n) is 7.47. The highest BCUT2D eigenvalue weighted by Gasteiger charge is 2.33. The first kappa shape index (κ1) is 18.7. The number of thiazole rings is 1. The number of halogens is 1. The van der Waals surface area contributed by atoms with E-state index in [4.69, 9.17) is 16.3 Å². The predicted octanol–water partition coefficient (Wildman–Crippen LogP) is 5.66. The lowest BCUT2D eigenvalue weighted by molar-refractivity contribution is -0.0828. The van der Waals surface area contributed by atoms with Gasteiger partial charge >= 0.3 is 0 Å². The molecule has 25 heavy (non-hydrogen) atoms. The van der Waals surface area contributed by atoms with Gasteiger partial charge in [-0.1, -0.05) is 29.8 Å². The number of hydrogen-bond acceptors (Lipinski definition) is 4. The van der Waals surface area contributed by atoms with E-state index in [0.717, 1.165) is 49.0 Å². The maximum absolute atomic E-state index is 6.43. The van der Waals surface area contributed by atoms with Crippen molar-refractivity contribution in [1.82, 2.24) is 4.98 Å². The van der Waals surface area contributed by atoms with Gasteiger partial charge in [0.05, 0.1) is 5.60 Å². The molecule has 1 aliphatic heterocycles. The van der Waals surface area contributed by atoms with Gasteiger partial charge in [-0.25, -0.2) is 4.98 Å². The Morgan fingerprint density at radius 2 is 2.24 bits per heavy atom. The van der Waals surface area contributed by atoms with E-state index in [9.17, 15) is 0 Å². The average molecular weight is 379 g/mol. The molecular weight excluding hydrogens is 352 g/mol. The molecule has 0 spiro atoms. The topological polar surface area (TPSA) is 34.2 Å². The van der Waals surface area contributed by atoms with Crippen LogP contribution in [0.3, 0.4) is 0 Å². The minimum Gasteiger partial charge on any atom is -0.376 e. The van der Waals surface area contributed by atoms with Crippen LogP contribution in [-0.2, 0) is 11.2 Å². The quantitative estimate of drug-likeness (QED) is 0.674. The molecule has 1 fully saturated rings. The van der Waals surface area contributed by atoms with Crippen molar-refractivity contribution in [2.24, 2.45) is 11.8 Å². The fourth-order valence-electron chi connectivity index (χ4n) is 3.81. The van der Waals surface area contributed by atoms with Crippen LogP contribution in [-0.4, -0.2) is 23.7 Å². The molecule has 0 amide bonds. The molecule has 0 saturated carbocycles. The molecule has 2 atom stereocenters. The molecule has 1 N–H and O–H groups in total. The monoisotopic (exact) mass is 378 g/mol. The Morgan fingerprint density at radius 1 is 1.40 bits per heavy atom. The third kappa shape index (κ3) is 5.44. The zero-order chi connectivity index (χ0) is 17.7. The number of nitrogens with zero attached hydrogens (tertiary/aromatic N) is 1. The molecule has 1 aliphatic rings. The Labute approximate surface area is 159 Å². The number of hydrogen-bond donors (Lipinski definition) is 1. The van der Waals surface area contributed by atoms with Crippen LogP contribution in [0.1, 0.15) is 38.7 Å². The number of ether oxygens (including phenoxy) is 1. The molecule has 3 nitrogen and oxygen atoms in total. The number of nitrogens with one attached hydrogen (secondary N) is 1. The first-order valence-electron chi connectivity index (χ1n) is 9.04. The Balaban J connectivity index is 1.67. The van der Waals surface area contributed by atoms with Crippen molar-refractivity contribution in [2.45, 2.75) is 45.1 Å². The predicted molar refractivity (Wildman–Crippen MR) is 107 cm³/mol. The molecule has 0 aliphatic carbocycles. The fraction of sp³-hybridized carbons (Fsp3) is 0.550. The van der Waals surface area contributed by atoms with Crippen LogP contribution in [0.5, 0.6) is 0 Å². The zero-order valence-corrected chi connectivity index (χ0v) is 16.6. The maximum Gasteiger partial charge on any atom is 0.182 e. The molecule has 0 unspecified atom stereocenters. The number of rotatable bonds is 7. The van der Waals surface area contributed by atoms with Crippen LogP contribution >= 0.6 is 22.9 Å². The Morgan fingerprint density at radius 3 is 2.96 bits per heavy atom. The summed E-state index contributed by atoms with van der Waals surface area (Å²) in [6.45, 7) is 6.22. The van der Waals surface area contributed by atoms with Crippen molar-refractivity contribution < 1.29 is 4.74 Å². The zero-order valence-electron chi connectivity index (χ0n) is 15.0. The minimum absolute atomic E-state index is 0.0234. The van der Waals surface area contributed by atoms with Gasteiger partial charge in [-0.05, 0) is 63.0 Å². The minimum atomic E-state index is -0.0234. The molecule has 2 aromatic rings. The summed E-state index contributed by atoms with van der Waals surface area (Å²) in [5.74, 6) is 1.26. The fourth-order valence-corrected chi connectivity index (χ4v) is 4.58. The molecule has 1 aromatic carbocycles. The molecule has 1 aromatic heterocycles. The summed E-state index contributed by atoms with van der Waals surface area (Å²) in [6, 6.07) is 8.24. The molecule has 5 heteroatoms. The van der Waals surface area contributed by atoms with Crippen LogP contribution < -0.4 is 5.32 Å². The van der Waals surface area contributed by atoms with E-state index >= 15 is 0 Å². The van der Waals surface area contributed by atoms with Crippen LogP contribution in [0.2, 0.25) is 5.02 Å². The van der Waals surface area contributed by atoms with Gasteiger partial charge in [0.1, 0.15) is 0 Å². The molecule has 1 saturated heterocycles. The average Bonchev–Trinajstić information content (AvgIpc) is 3.08. The third-order valence-corrected chi connectivity index (χ3v) is 6.17. The van der Waals surface area contributed by atoms with E-state index in [1.807, 2.05) is 23.7 Å². The normalized spacial score (nSPS) is 21.0. The SMILES string of the molecule is CC1(C)C[C@H]([C@H](CCNc2nccs2)Cc2ccccc2Cl)CCO1. The van der Waals surface area contributed by atoms with Gasteiger partial charge in [0.25, 0.3) is 0 Å². The van der Waals surface area contributed by atoms with Crippen molar-refractivity contribution in [1.29, 1.82) is 0 Å². The highest BCUT2D eigenvalue weighted by molar-refractivity contribution is 7.13. The van der Waals surface area contributed by atoms with Gasteiger partial charge in [-0.2, -0.15) is 0 Å². The standard InChI is InChI=1S/C20H27ClN2OS/c1-20(2)14-17(8-11-24-20)15(7-9-22-19-23-10-12-25-19)13-16-5-3-4-6-18(16)21/h3-6,10,12,15,17H,7-9,11,13-14H2,1-2H3,(H,22,23)/t15-,17-/m1/s1. The summed E-state index contributed by atoms with van der Waals surface area (Å²) < 4.78 is 5.93. The van der Waals surface area contributed by atoms with Crippen molar-refractivity contribution in [3.8, 4) is 0 Å². The van der Waals surface area contributed by atoms with E-state index < -0.39 is 0 Å². The van der Waals surface area contributed by atoms with Crippen molar-refractivity contribution in [2.75, 3.05) is 18.5 Å². The highest BCUT2D eigenvalue weighted by atomic mass is 35.5. The lowest BCUT2D eigenvalue weighted by Crippen LogP contribution is -2.37. The Bertz CT molecular complexity index is 659. The Kier molecular flexibility index (Phi) is 6.37. The van der Waals surface area contributed by atoms with Crippen LogP contribution in [0, 0.1) is 11.8 Å². The van der Waals surface area contributed by atoms with E-state index in [-0.39, 0.29) is 5.60 Å². The second-order valence-corrected chi connectivity index (χ2v) is 8.77. The molecule has 3 rings (SSSR count). The number of anilines is 1. The number of aromatic nitrogens is 1. The van der Waals surface area contributed by atoms with Gasteiger partial charge in [0.2, 0.25) is 0 Å². The summed E-state index contributed by atoms with van der Waals surface area (Å²) in [5.41, 5.74) is 1.23. The third-order valence-electron chi connectivity index (χ3n) is 5.07. The molecule has 2 heterocycles. The van der Waals surface area contributed by atoms with E-state index in [1.165, 1.54) is 5.56 Å². The highest BCUT2D eigenvalue weighted by Crippen LogP contribution is 2.37. The molecular formula is C20H27ClN2OS. The van der Waals surface area contributed by atoms with E-state index in [2.05, 4.69) is 36.3 Å². The van der Waals surface area contributed by atoms with Crippen molar-refractivity contribution in [3.05, 3.63) is 46.4 Å². The largest absolute Gasteiger partial charge is 0.376 e. The van der Waals surface area contributed by atoms with Crippen molar-refractivity contribution >= 4 is 28.1 Å². The lowest BCUT2D eigenvalue weighted by Gasteiger charge is -2.39. The second kappa shape index (κ2) is 8.52. The van der Waals surface area contributed by atoms with Crippen molar-refractivity contribution in [3.63, 3.8) is 0 Å². The summed E-state index contributed by atoms with van der Waals surface area (Å²) in [6.07, 6.45) is 6.23. The van der Waals surface area contributed by atoms with Crippen LogP contribution in [0.15, 0.2) is 35.8 Å². The van der Waals surface area contributed by atoms with Gasteiger partial charge < -0.3 is 10.1 Å². The summed E-state index contributed by atoms with van der Waals surface area (Å²) in [5, 5.41) is 7.35. The first-order chi connectivity index (χ1) is 12.0. The van der Waals surface area contributed by atoms with Gasteiger partial charge in [0.15, 0.2) is 5.13 Å². The van der Waals surface area contributed by atoms with E-state index in [1.54, 1.807) is 11.3 Å². The van der Waals surface area contributed by atoms with Gasteiger partial charge in [-0.15, -0.1) is 11.3 Å². The first-order valence-corrected chi connectivity index (χ1v) is 10.3. The maximum atomic E-state index is 6.43. The molecule has 136 valence electrons. The Hall–Kier alpha value is -1.10. The van der Waals surface area contributed by atoms with E-state index in [0.29, 0.717) is 11.8 Å². The van der Waals surface area contributed by atoms with Gasteiger partial charge in [-0.3, -0.25) is 0 Å². The summed E-state index contributed by atoms with van der Waals surface area (Å²) >= 11 is 8.08. The van der Waals surface area contributed by atoms with Gasteiger partial charge in [0, 0.05) is 29.8 Å². The van der Waals surface area contributed by atoms with Crippen LogP contribution in [0.25, 0.3) is 0 Å². The molecule has 0 radical (unpaired) electrons. The molecule has 0 bridgehead atoms. The lowest BCUT2D eigenvalue weighted by atomic mass is 9.75.